The van der Waals surface area contributed by atoms with Crippen LogP contribution in [0.3, 0.4) is 0 Å². The molecule has 1 aromatic rings. The molecule has 0 saturated carbocycles. The molecule has 1 heterocycles. The monoisotopic (exact) mass is 280 g/mol. The number of carbonyl (C=O) groups excluding carboxylic acids is 1. The first-order valence-electron chi connectivity index (χ1n) is 6.97. The van der Waals surface area contributed by atoms with Crippen molar-refractivity contribution >= 4 is 5.97 Å². The fourth-order valence-electron chi connectivity index (χ4n) is 1.94. The zero-order valence-corrected chi connectivity index (χ0v) is 11.7. The van der Waals surface area contributed by atoms with E-state index >= 15 is 0 Å². The fraction of sp³-hybridized carbons (Fsp3) is 0.533. The highest BCUT2D eigenvalue weighted by Gasteiger charge is 2.13. The second kappa shape index (κ2) is 7.62. The van der Waals surface area contributed by atoms with Crippen molar-refractivity contribution in [2.45, 2.75) is 32.6 Å². The number of rotatable bonds is 8. The molecule has 1 aliphatic rings. The topological polar surface area (TPSA) is 54.0 Å². The van der Waals surface area contributed by atoms with Crippen molar-refractivity contribution in [2.24, 2.45) is 0 Å². The van der Waals surface area contributed by atoms with E-state index in [0.717, 1.165) is 36.5 Å². The molecule has 0 spiro atoms. The number of ether oxygens (including phenoxy) is 4. The molecule has 1 aliphatic heterocycles. The Hall–Kier alpha value is -1.91. The van der Waals surface area contributed by atoms with Gasteiger partial charge in [-0.2, -0.15) is 0 Å². The first-order chi connectivity index (χ1) is 9.79. The summed E-state index contributed by atoms with van der Waals surface area (Å²) >= 11 is 0. The van der Waals surface area contributed by atoms with Crippen LogP contribution in [0.1, 0.15) is 32.6 Å². The van der Waals surface area contributed by atoms with Crippen LogP contribution in [-0.2, 0) is 9.53 Å². The second-order valence-corrected chi connectivity index (χ2v) is 4.48. The Morgan fingerprint density at radius 2 is 2.05 bits per heavy atom. The molecular weight excluding hydrogens is 260 g/mol. The van der Waals surface area contributed by atoms with Gasteiger partial charge in [0.05, 0.1) is 13.2 Å². The molecule has 5 heteroatoms. The number of hydrogen-bond donors (Lipinski definition) is 0. The summed E-state index contributed by atoms with van der Waals surface area (Å²) in [4.78, 5) is 11.1. The molecule has 5 nitrogen and oxygen atoms in total. The summed E-state index contributed by atoms with van der Waals surface area (Å²) in [6.07, 6.45) is 3.18. The summed E-state index contributed by atoms with van der Waals surface area (Å²) < 4.78 is 21.0. The van der Waals surface area contributed by atoms with Crippen LogP contribution >= 0.6 is 0 Å². The molecule has 0 bridgehead atoms. The standard InChI is InChI=1S/C15H20O5/c1-2-17-15(16)6-4-3-5-9-18-12-7-8-13-14(10-12)20-11-19-13/h7-8,10H,2-6,9,11H2,1H3. The fourth-order valence-corrected chi connectivity index (χ4v) is 1.94. The van der Waals surface area contributed by atoms with Crippen LogP contribution in [0.4, 0.5) is 0 Å². The maximum Gasteiger partial charge on any atom is 0.305 e. The van der Waals surface area contributed by atoms with E-state index in [0.29, 0.717) is 19.6 Å². The van der Waals surface area contributed by atoms with Gasteiger partial charge >= 0.3 is 5.97 Å². The minimum atomic E-state index is -0.121. The number of hydrogen-bond acceptors (Lipinski definition) is 5. The Balaban J connectivity index is 1.58. The highest BCUT2D eigenvalue weighted by Crippen LogP contribution is 2.35. The van der Waals surface area contributed by atoms with Gasteiger partial charge in [0.2, 0.25) is 6.79 Å². The molecule has 110 valence electrons. The van der Waals surface area contributed by atoms with E-state index in [9.17, 15) is 4.79 Å². The largest absolute Gasteiger partial charge is 0.493 e. The van der Waals surface area contributed by atoms with Gasteiger partial charge < -0.3 is 18.9 Å². The van der Waals surface area contributed by atoms with E-state index < -0.39 is 0 Å². The predicted octanol–water partition coefficient (Wildman–Crippen LogP) is 2.92. The lowest BCUT2D eigenvalue weighted by Crippen LogP contribution is -2.04. The Labute approximate surface area is 118 Å². The first-order valence-corrected chi connectivity index (χ1v) is 6.97. The van der Waals surface area contributed by atoms with E-state index in [1.165, 1.54) is 0 Å². The van der Waals surface area contributed by atoms with Gasteiger partial charge in [-0.3, -0.25) is 4.79 Å². The molecule has 0 aliphatic carbocycles. The van der Waals surface area contributed by atoms with Crippen molar-refractivity contribution in [2.75, 3.05) is 20.0 Å². The van der Waals surface area contributed by atoms with E-state index in [1.54, 1.807) is 0 Å². The van der Waals surface area contributed by atoms with Gasteiger partial charge in [-0.1, -0.05) is 0 Å². The summed E-state index contributed by atoms with van der Waals surface area (Å²) in [6, 6.07) is 5.55. The van der Waals surface area contributed by atoms with Gasteiger partial charge in [-0.05, 0) is 38.3 Å². The normalized spacial score (nSPS) is 12.2. The van der Waals surface area contributed by atoms with Crippen molar-refractivity contribution in [3.8, 4) is 17.2 Å². The predicted molar refractivity (Wildman–Crippen MR) is 73.2 cm³/mol. The first kappa shape index (κ1) is 14.5. The van der Waals surface area contributed by atoms with Gasteiger partial charge in [0.1, 0.15) is 5.75 Å². The van der Waals surface area contributed by atoms with Crippen LogP contribution in [0.15, 0.2) is 18.2 Å². The molecule has 0 aromatic heterocycles. The molecule has 0 fully saturated rings. The molecule has 2 rings (SSSR count). The number of esters is 1. The lowest BCUT2D eigenvalue weighted by atomic mass is 10.2. The van der Waals surface area contributed by atoms with Crippen molar-refractivity contribution in [3.63, 3.8) is 0 Å². The van der Waals surface area contributed by atoms with E-state index in [-0.39, 0.29) is 12.8 Å². The summed E-state index contributed by atoms with van der Waals surface area (Å²) in [5, 5.41) is 0. The van der Waals surface area contributed by atoms with Crippen molar-refractivity contribution in [1.29, 1.82) is 0 Å². The number of unbranched alkanes of at least 4 members (excludes halogenated alkanes) is 2. The third kappa shape index (κ3) is 4.33. The lowest BCUT2D eigenvalue weighted by molar-refractivity contribution is -0.143. The third-order valence-corrected chi connectivity index (χ3v) is 2.94. The molecule has 0 atom stereocenters. The highest BCUT2D eigenvalue weighted by molar-refractivity contribution is 5.69. The molecule has 0 saturated heterocycles. The summed E-state index contributed by atoms with van der Waals surface area (Å²) in [5.41, 5.74) is 0. The minimum Gasteiger partial charge on any atom is -0.493 e. The molecule has 0 unspecified atom stereocenters. The molecule has 0 N–H and O–H groups in total. The second-order valence-electron chi connectivity index (χ2n) is 4.48. The molecule has 0 amide bonds. The SMILES string of the molecule is CCOC(=O)CCCCCOc1ccc2c(c1)OCO2. The molecule has 0 radical (unpaired) electrons. The van der Waals surface area contributed by atoms with E-state index in [4.69, 9.17) is 18.9 Å². The third-order valence-electron chi connectivity index (χ3n) is 2.94. The van der Waals surface area contributed by atoms with Crippen LogP contribution in [0.5, 0.6) is 17.2 Å². The highest BCUT2D eigenvalue weighted by atomic mass is 16.7. The smallest absolute Gasteiger partial charge is 0.305 e. The average Bonchev–Trinajstić information content (AvgIpc) is 2.90. The van der Waals surface area contributed by atoms with Crippen molar-refractivity contribution in [3.05, 3.63) is 18.2 Å². The van der Waals surface area contributed by atoms with Gasteiger partial charge in [-0.25, -0.2) is 0 Å². The summed E-state index contributed by atoms with van der Waals surface area (Å²) in [6.45, 7) is 3.16. The Bertz CT molecular complexity index is 444. The van der Waals surface area contributed by atoms with E-state index in [2.05, 4.69) is 0 Å². The van der Waals surface area contributed by atoms with Crippen LogP contribution in [0, 0.1) is 0 Å². The van der Waals surface area contributed by atoms with Crippen LogP contribution in [0.25, 0.3) is 0 Å². The van der Waals surface area contributed by atoms with Gasteiger partial charge in [0.15, 0.2) is 11.5 Å². The number of carbonyl (C=O) groups is 1. The van der Waals surface area contributed by atoms with Gasteiger partial charge in [0.25, 0.3) is 0 Å². The summed E-state index contributed by atoms with van der Waals surface area (Å²) in [5.74, 6) is 2.14. The number of benzene rings is 1. The maximum absolute atomic E-state index is 11.1. The van der Waals surface area contributed by atoms with Crippen molar-refractivity contribution in [1.82, 2.24) is 0 Å². The van der Waals surface area contributed by atoms with E-state index in [1.807, 2.05) is 25.1 Å². The molecular formula is C15H20O5. The average molecular weight is 280 g/mol. The Morgan fingerprint density at radius 1 is 1.20 bits per heavy atom. The maximum atomic E-state index is 11.1. The van der Waals surface area contributed by atoms with Crippen LogP contribution in [0.2, 0.25) is 0 Å². The zero-order valence-electron chi connectivity index (χ0n) is 11.7. The number of fused-ring (bicyclic) bond motifs is 1. The minimum absolute atomic E-state index is 0.121. The summed E-state index contributed by atoms with van der Waals surface area (Å²) in [7, 11) is 0. The van der Waals surface area contributed by atoms with Gasteiger partial charge in [-0.15, -0.1) is 0 Å². The lowest BCUT2D eigenvalue weighted by Gasteiger charge is -2.07. The quantitative estimate of drug-likeness (QED) is 0.541. The van der Waals surface area contributed by atoms with Crippen LogP contribution in [-0.4, -0.2) is 26.0 Å². The zero-order chi connectivity index (χ0) is 14.2. The molecule has 20 heavy (non-hydrogen) atoms. The van der Waals surface area contributed by atoms with Crippen molar-refractivity contribution < 1.29 is 23.7 Å². The molecule has 1 aromatic carbocycles. The van der Waals surface area contributed by atoms with Crippen LogP contribution < -0.4 is 14.2 Å². The van der Waals surface area contributed by atoms with Gasteiger partial charge in [0, 0.05) is 12.5 Å². The Morgan fingerprint density at radius 3 is 2.90 bits per heavy atom. The Kier molecular flexibility index (Phi) is 5.53.